The highest BCUT2D eigenvalue weighted by atomic mass is 32.1. The first kappa shape index (κ1) is 19.9. The molecule has 32 heavy (non-hydrogen) atoms. The van der Waals surface area contributed by atoms with Gasteiger partial charge in [-0.2, -0.15) is 5.10 Å². The van der Waals surface area contributed by atoms with Crippen LogP contribution in [0.5, 0.6) is 0 Å². The summed E-state index contributed by atoms with van der Waals surface area (Å²) in [6.45, 7) is 5.49. The molecule has 0 aliphatic heterocycles. The fourth-order valence-electron chi connectivity index (χ4n) is 3.64. The van der Waals surface area contributed by atoms with Crippen LogP contribution < -0.4 is 5.73 Å². The number of hydrogen-bond acceptors (Lipinski definition) is 5. The summed E-state index contributed by atoms with van der Waals surface area (Å²) in [5.41, 5.74) is 11.0. The number of nitrogens with zero attached hydrogens (tertiary/aromatic N) is 3. The molecule has 4 heterocycles. The summed E-state index contributed by atoms with van der Waals surface area (Å²) in [6.07, 6.45) is 6.78. The zero-order chi connectivity index (χ0) is 22.2. The van der Waals surface area contributed by atoms with Gasteiger partial charge in [0.25, 0.3) is 0 Å². The van der Waals surface area contributed by atoms with Crippen LogP contribution in [0.1, 0.15) is 12.5 Å². The number of aromatic nitrogens is 5. The van der Waals surface area contributed by atoms with Gasteiger partial charge in [-0.15, -0.1) is 11.3 Å². The predicted molar refractivity (Wildman–Crippen MR) is 128 cm³/mol. The lowest BCUT2D eigenvalue weighted by Gasteiger charge is -2.06. The predicted octanol–water partition coefficient (Wildman–Crippen LogP) is 5.80. The molecule has 4 aromatic heterocycles. The van der Waals surface area contributed by atoms with Crippen molar-refractivity contribution in [2.45, 2.75) is 6.92 Å². The molecule has 0 bridgehead atoms. The number of pyridine rings is 1. The molecule has 0 unspecified atom stereocenters. The normalized spacial score (nSPS) is 12.7. The number of imidazole rings is 1. The van der Waals surface area contributed by atoms with Gasteiger partial charge in [-0.1, -0.05) is 18.7 Å². The summed E-state index contributed by atoms with van der Waals surface area (Å²) in [6, 6.07) is 9.07. The summed E-state index contributed by atoms with van der Waals surface area (Å²) in [5.74, 6) is 0.209. The Balaban J connectivity index is 1.68. The Hall–Kier alpha value is -4.04. The minimum atomic E-state index is -0.373. The van der Waals surface area contributed by atoms with Crippen molar-refractivity contribution in [1.29, 1.82) is 0 Å². The first-order valence-corrected chi connectivity index (χ1v) is 10.8. The zero-order valence-electron chi connectivity index (χ0n) is 17.2. The summed E-state index contributed by atoms with van der Waals surface area (Å²) in [5, 5.41) is 10.1. The maximum Gasteiger partial charge on any atom is 0.159 e. The van der Waals surface area contributed by atoms with Crippen molar-refractivity contribution in [3.8, 4) is 22.1 Å². The number of thiophene rings is 1. The molecule has 0 amide bonds. The van der Waals surface area contributed by atoms with Crippen LogP contribution in [0.25, 0.3) is 49.6 Å². The van der Waals surface area contributed by atoms with Crippen LogP contribution in [0.4, 0.5) is 4.39 Å². The van der Waals surface area contributed by atoms with Crippen LogP contribution in [0.2, 0.25) is 0 Å². The molecular formula is C24H19FN6S. The Morgan fingerprint density at radius 1 is 1.22 bits per heavy atom. The lowest BCUT2D eigenvalue weighted by atomic mass is 10.0. The molecule has 1 aromatic carbocycles. The van der Waals surface area contributed by atoms with Crippen molar-refractivity contribution < 1.29 is 4.39 Å². The van der Waals surface area contributed by atoms with Gasteiger partial charge in [-0.05, 0) is 48.2 Å². The molecule has 0 saturated carbocycles. The van der Waals surface area contributed by atoms with Crippen LogP contribution in [-0.2, 0) is 0 Å². The van der Waals surface area contributed by atoms with Crippen LogP contribution in [0, 0.1) is 5.82 Å². The molecule has 8 heteroatoms. The van der Waals surface area contributed by atoms with Crippen molar-refractivity contribution in [3.63, 3.8) is 0 Å². The van der Waals surface area contributed by atoms with Crippen molar-refractivity contribution in [2.24, 2.45) is 5.73 Å². The molecule has 5 aromatic rings. The Labute approximate surface area is 187 Å². The van der Waals surface area contributed by atoms with Gasteiger partial charge in [0, 0.05) is 28.9 Å². The van der Waals surface area contributed by atoms with E-state index < -0.39 is 0 Å². The van der Waals surface area contributed by atoms with E-state index in [1.54, 1.807) is 35.8 Å². The van der Waals surface area contributed by atoms with E-state index in [0.717, 1.165) is 27.0 Å². The number of H-pyrrole nitrogens is 2. The zero-order valence-corrected chi connectivity index (χ0v) is 18.0. The van der Waals surface area contributed by atoms with Gasteiger partial charge in [-0.25, -0.2) is 9.37 Å². The van der Waals surface area contributed by atoms with Crippen LogP contribution in [0.3, 0.4) is 0 Å². The average Bonchev–Trinajstić information content (AvgIpc) is 3.55. The third-order valence-corrected chi connectivity index (χ3v) is 6.09. The topological polar surface area (TPSA) is 96.3 Å². The van der Waals surface area contributed by atoms with Crippen molar-refractivity contribution in [3.05, 3.63) is 83.8 Å². The minimum absolute atomic E-state index is 0.373. The second-order valence-electron chi connectivity index (χ2n) is 7.16. The smallest absolute Gasteiger partial charge is 0.159 e. The molecule has 5 rings (SSSR count). The monoisotopic (exact) mass is 442 g/mol. The quantitative estimate of drug-likeness (QED) is 0.300. The van der Waals surface area contributed by atoms with Crippen molar-refractivity contribution in [2.75, 3.05) is 0 Å². The molecule has 0 saturated heterocycles. The first-order chi connectivity index (χ1) is 15.6. The Morgan fingerprint density at radius 2 is 2.09 bits per heavy atom. The summed E-state index contributed by atoms with van der Waals surface area (Å²) < 4.78 is 14.9. The number of hydrogen-bond donors (Lipinski definition) is 3. The number of benzene rings is 1. The fourth-order valence-corrected chi connectivity index (χ4v) is 4.36. The van der Waals surface area contributed by atoms with Gasteiger partial charge in [0.2, 0.25) is 0 Å². The van der Waals surface area contributed by atoms with E-state index in [2.05, 4.69) is 26.7 Å². The molecular weight excluding hydrogens is 423 g/mol. The fraction of sp³-hybridized carbons (Fsp3) is 0.0417. The van der Waals surface area contributed by atoms with Crippen LogP contribution >= 0.6 is 11.3 Å². The molecule has 4 N–H and O–H groups in total. The van der Waals surface area contributed by atoms with Crippen LogP contribution in [-0.4, -0.2) is 25.1 Å². The summed E-state index contributed by atoms with van der Waals surface area (Å²) in [7, 11) is 0. The average molecular weight is 443 g/mol. The number of allylic oxidation sites excluding steroid dienone is 4. The van der Waals surface area contributed by atoms with Gasteiger partial charge in [0.1, 0.15) is 22.7 Å². The SMILES string of the molecule is C=C/C(N)=C\C(=C/C)c1cc2c(-c3nc4c(-c5cccs5)nccc4[nH]3)n[nH]c2cc1F. The summed E-state index contributed by atoms with van der Waals surface area (Å²) in [4.78, 5) is 13.7. The van der Waals surface area contributed by atoms with Gasteiger partial charge in [-0.3, -0.25) is 10.1 Å². The van der Waals surface area contributed by atoms with Crippen molar-refractivity contribution >= 4 is 38.8 Å². The Morgan fingerprint density at radius 3 is 2.84 bits per heavy atom. The number of nitrogens with two attached hydrogens (primary N) is 1. The summed E-state index contributed by atoms with van der Waals surface area (Å²) >= 11 is 1.61. The highest BCUT2D eigenvalue weighted by molar-refractivity contribution is 7.13. The maximum absolute atomic E-state index is 14.9. The molecule has 0 radical (unpaired) electrons. The second kappa shape index (κ2) is 7.90. The maximum atomic E-state index is 14.9. The van der Waals surface area contributed by atoms with Gasteiger partial charge in [0.05, 0.1) is 15.9 Å². The van der Waals surface area contributed by atoms with E-state index in [4.69, 9.17) is 10.7 Å². The van der Waals surface area contributed by atoms with Crippen LogP contribution in [0.15, 0.2) is 72.4 Å². The number of fused-ring (bicyclic) bond motifs is 2. The molecule has 0 atom stereocenters. The number of aromatic amines is 2. The third-order valence-electron chi connectivity index (χ3n) is 5.21. The lowest BCUT2D eigenvalue weighted by Crippen LogP contribution is -1.95. The second-order valence-corrected chi connectivity index (χ2v) is 8.11. The van der Waals surface area contributed by atoms with Gasteiger partial charge >= 0.3 is 0 Å². The third kappa shape index (κ3) is 3.30. The van der Waals surface area contributed by atoms with E-state index in [9.17, 15) is 4.39 Å². The van der Waals surface area contributed by atoms with E-state index in [-0.39, 0.29) is 5.82 Å². The molecule has 0 fully saturated rings. The number of rotatable bonds is 5. The minimum Gasteiger partial charge on any atom is -0.399 e. The largest absolute Gasteiger partial charge is 0.399 e. The van der Waals surface area contributed by atoms with Crippen molar-refractivity contribution in [1.82, 2.24) is 25.1 Å². The lowest BCUT2D eigenvalue weighted by molar-refractivity contribution is 0.626. The first-order valence-electron chi connectivity index (χ1n) is 9.92. The highest BCUT2D eigenvalue weighted by Crippen LogP contribution is 2.33. The number of halogens is 1. The Kier molecular flexibility index (Phi) is 4.91. The highest BCUT2D eigenvalue weighted by Gasteiger charge is 2.18. The molecule has 0 aliphatic carbocycles. The standard InChI is InChI=1S/C24H19FN6S/c1-3-13(10-14(26)4-2)15-11-16-19(12-17(15)25)30-31-21(16)24-28-18-7-8-27-23(22(18)29-24)20-6-5-9-32-20/h3-12H,2,26H2,1H3,(H,28,29)(H,30,31)/b13-3+,14-10+. The Bertz CT molecular complexity index is 1520. The van der Waals surface area contributed by atoms with E-state index >= 15 is 0 Å². The molecule has 0 spiro atoms. The van der Waals surface area contributed by atoms with E-state index in [1.807, 2.05) is 30.5 Å². The molecule has 0 aliphatic rings. The van der Waals surface area contributed by atoms with Gasteiger partial charge in [0.15, 0.2) is 5.82 Å². The molecule has 6 nitrogen and oxygen atoms in total. The van der Waals surface area contributed by atoms with E-state index in [1.165, 1.54) is 12.1 Å². The number of nitrogens with one attached hydrogen (secondary N) is 2. The molecule has 158 valence electrons. The van der Waals surface area contributed by atoms with Gasteiger partial charge < -0.3 is 10.7 Å². The van der Waals surface area contributed by atoms with E-state index in [0.29, 0.717) is 33.9 Å².